The Bertz CT molecular complexity index is 346. The van der Waals surface area contributed by atoms with E-state index >= 15 is 0 Å². The minimum Gasteiger partial charge on any atom is -0.481 e. The van der Waals surface area contributed by atoms with Gasteiger partial charge in [0, 0.05) is 17.5 Å². The summed E-state index contributed by atoms with van der Waals surface area (Å²) in [7, 11) is 0. The number of likely N-dealkylation sites (tertiary alicyclic amines) is 1. The van der Waals surface area contributed by atoms with Crippen LogP contribution in [0, 0.1) is 0 Å². The van der Waals surface area contributed by atoms with Gasteiger partial charge in [-0.3, -0.25) is 14.5 Å². The standard InChI is InChI=1S/C14H25NO4/c1-13(2)8-5-9-14(3,4)15(13)10(12(18)19)6-7-11(16)17/h10H,5-9H2,1-4H3,(H,16,17)(H,18,19). The van der Waals surface area contributed by atoms with Crippen LogP contribution < -0.4 is 0 Å². The Balaban J connectivity index is 3.02. The molecular weight excluding hydrogens is 246 g/mol. The molecular formula is C14H25NO4. The van der Waals surface area contributed by atoms with Crippen molar-refractivity contribution in [3.63, 3.8) is 0 Å². The summed E-state index contributed by atoms with van der Waals surface area (Å²) in [6, 6.07) is -0.735. The lowest BCUT2D eigenvalue weighted by Crippen LogP contribution is -2.64. The molecule has 1 aliphatic heterocycles. The van der Waals surface area contributed by atoms with Gasteiger partial charge in [0.2, 0.25) is 0 Å². The van der Waals surface area contributed by atoms with Crippen molar-refractivity contribution in [1.29, 1.82) is 0 Å². The maximum atomic E-state index is 11.6. The van der Waals surface area contributed by atoms with Gasteiger partial charge >= 0.3 is 11.9 Å². The predicted molar refractivity (Wildman–Crippen MR) is 72.1 cm³/mol. The van der Waals surface area contributed by atoms with Crippen molar-refractivity contribution < 1.29 is 19.8 Å². The van der Waals surface area contributed by atoms with Gasteiger partial charge in [-0.2, -0.15) is 0 Å². The molecule has 19 heavy (non-hydrogen) atoms. The van der Waals surface area contributed by atoms with Crippen LogP contribution in [0.3, 0.4) is 0 Å². The Hall–Kier alpha value is -1.10. The molecule has 0 bridgehead atoms. The maximum Gasteiger partial charge on any atom is 0.320 e. The van der Waals surface area contributed by atoms with E-state index in [-0.39, 0.29) is 23.9 Å². The minimum atomic E-state index is -0.945. The minimum absolute atomic E-state index is 0.111. The van der Waals surface area contributed by atoms with Gasteiger partial charge in [-0.15, -0.1) is 0 Å². The van der Waals surface area contributed by atoms with E-state index in [2.05, 4.69) is 0 Å². The SMILES string of the molecule is CC1(C)CCCC(C)(C)N1C(CCC(=O)O)C(=O)O. The molecule has 1 heterocycles. The molecule has 2 N–H and O–H groups in total. The fourth-order valence-electron chi connectivity index (χ4n) is 3.48. The van der Waals surface area contributed by atoms with Crippen molar-refractivity contribution in [2.75, 3.05) is 0 Å². The number of piperidine rings is 1. The summed E-state index contributed by atoms with van der Waals surface area (Å²) in [5, 5.41) is 18.3. The Morgan fingerprint density at radius 1 is 1.11 bits per heavy atom. The number of rotatable bonds is 5. The summed E-state index contributed by atoms with van der Waals surface area (Å²) >= 11 is 0. The van der Waals surface area contributed by atoms with Crippen LogP contribution in [0.1, 0.15) is 59.8 Å². The number of carbonyl (C=O) groups is 2. The zero-order valence-electron chi connectivity index (χ0n) is 12.3. The molecule has 0 amide bonds. The third-order valence-electron chi connectivity index (χ3n) is 4.11. The molecule has 0 saturated carbocycles. The molecule has 110 valence electrons. The van der Waals surface area contributed by atoms with Crippen molar-refractivity contribution in [2.45, 2.75) is 76.9 Å². The van der Waals surface area contributed by atoms with Gasteiger partial charge in [0.25, 0.3) is 0 Å². The van der Waals surface area contributed by atoms with E-state index in [1.807, 2.05) is 32.6 Å². The summed E-state index contributed by atoms with van der Waals surface area (Å²) in [5.41, 5.74) is -0.438. The van der Waals surface area contributed by atoms with Gasteiger partial charge in [-0.25, -0.2) is 0 Å². The third-order valence-corrected chi connectivity index (χ3v) is 4.11. The summed E-state index contributed by atoms with van der Waals surface area (Å²) in [6.07, 6.45) is 2.99. The molecule has 5 nitrogen and oxygen atoms in total. The van der Waals surface area contributed by atoms with Crippen molar-refractivity contribution in [2.24, 2.45) is 0 Å². The van der Waals surface area contributed by atoms with E-state index in [0.29, 0.717) is 0 Å². The number of nitrogens with zero attached hydrogens (tertiary/aromatic N) is 1. The Morgan fingerprint density at radius 3 is 1.95 bits per heavy atom. The van der Waals surface area contributed by atoms with Gasteiger partial charge in [-0.05, 0) is 53.4 Å². The third kappa shape index (κ3) is 3.69. The predicted octanol–water partition coefficient (Wildman–Crippen LogP) is 2.35. The first-order chi connectivity index (χ1) is 8.58. The van der Waals surface area contributed by atoms with E-state index in [1.165, 1.54) is 0 Å². The van der Waals surface area contributed by atoms with Crippen molar-refractivity contribution in [1.82, 2.24) is 4.90 Å². The van der Waals surface area contributed by atoms with Crippen molar-refractivity contribution in [3.05, 3.63) is 0 Å². The van der Waals surface area contributed by atoms with Crippen LogP contribution in [0.5, 0.6) is 0 Å². The highest BCUT2D eigenvalue weighted by molar-refractivity contribution is 5.75. The van der Waals surface area contributed by atoms with Gasteiger partial charge in [0.1, 0.15) is 6.04 Å². The first kappa shape index (κ1) is 16.0. The summed E-state index contributed by atoms with van der Waals surface area (Å²) in [6.45, 7) is 8.18. The molecule has 1 rings (SSSR count). The van der Waals surface area contributed by atoms with Gasteiger partial charge < -0.3 is 10.2 Å². The molecule has 1 unspecified atom stereocenters. The van der Waals surface area contributed by atoms with Crippen LogP contribution in [-0.2, 0) is 9.59 Å². The lowest BCUT2D eigenvalue weighted by atomic mass is 9.78. The van der Waals surface area contributed by atoms with Crippen LogP contribution in [0.25, 0.3) is 0 Å². The fourth-order valence-corrected chi connectivity index (χ4v) is 3.48. The van der Waals surface area contributed by atoms with Crippen molar-refractivity contribution >= 4 is 11.9 Å². The quantitative estimate of drug-likeness (QED) is 0.802. The van der Waals surface area contributed by atoms with E-state index in [0.717, 1.165) is 19.3 Å². The van der Waals surface area contributed by atoms with Gasteiger partial charge in [0.15, 0.2) is 0 Å². The zero-order valence-corrected chi connectivity index (χ0v) is 12.3. The molecule has 1 fully saturated rings. The smallest absolute Gasteiger partial charge is 0.320 e. The van der Waals surface area contributed by atoms with Gasteiger partial charge in [-0.1, -0.05) is 0 Å². The van der Waals surface area contributed by atoms with Crippen LogP contribution in [0.4, 0.5) is 0 Å². The molecule has 0 aromatic rings. The molecule has 0 spiro atoms. The number of carboxylic acids is 2. The van der Waals surface area contributed by atoms with Gasteiger partial charge in [0.05, 0.1) is 0 Å². The molecule has 5 heteroatoms. The second-order valence-corrected chi connectivity index (χ2v) is 6.63. The summed E-state index contributed by atoms with van der Waals surface area (Å²) in [4.78, 5) is 24.3. The second-order valence-electron chi connectivity index (χ2n) is 6.63. The molecule has 1 atom stereocenters. The van der Waals surface area contributed by atoms with E-state index in [9.17, 15) is 14.7 Å². The van der Waals surface area contributed by atoms with E-state index in [4.69, 9.17) is 5.11 Å². The summed E-state index contributed by atoms with van der Waals surface area (Å²) < 4.78 is 0. The molecule has 1 saturated heterocycles. The van der Waals surface area contributed by atoms with E-state index < -0.39 is 18.0 Å². The van der Waals surface area contributed by atoms with Crippen LogP contribution >= 0.6 is 0 Å². The average molecular weight is 271 g/mol. The molecule has 0 aromatic carbocycles. The monoisotopic (exact) mass is 271 g/mol. The Labute approximate surface area is 114 Å². The normalized spacial score (nSPS) is 23.8. The average Bonchev–Trinajstić information content (AvgIpc) is 2.20. The molecule has 1 aliphatic rings. The van der Waals surface area contributed by atoms with E-state index in [1.54, 1.807) is 0 Å². The number of aliphatic carboxylic acids is 2. The number of hydrogen-bond donors (Lipinski definition) is 2. The highest BCUT2D eigenvalue weighted by atomic mass is 16.4. The maximum absolute atomic E-state index is 11.6. The number of hydrogen-bond acceptors (Lipinski definition) is 3. The lowest BCUT2D eigenvalue weighted by molar-refractivity contribution is -0.155. The highest BCUT2D eigenvalue weighted by Gasteiger charge is 2.47. The largest absolute Gasteiger partial charge is 0.481 e. The molecule has 0 radical (unpaired) electrons. The summed E-state index contributed by atoms with van der Waals surface area (Å²) in [5.74, 6) is -1.87. The lowest BCUT2D eigenvalue weighted by Gasteiger charge is -2.55. The first-order valence-electron chi connectivity index (χ1n) is 6.82. The van der Waals surface area contributed by atoms with Crippen LogP contribution in [-0.4, -0.2) is 44.2 Å². The van der Waals surface area contributed by atoms with Crippen LogP contribution in [0.2, 0.25) is 0 Å². The topological polar surface area (TPSA) is 77.8 Å². The molecule has 0 aromatic heterocycles. The second kappa shape index (κ2) is 5.49. The Morgan fingerprint density at radius 2 is 1.58 bits per heavy atom. The zero-order chi connectivity index (χ0) is 14.8. The first-order valence-corrected chi connectivity index (χ1v) is 6.82. The highest BCUT2D eigenvalue weighted by Crippen LogP contribution is 2.40. The Kier molecular flexibility index (Phi) is 4.61. The van der Waals surface area contributed by atoms with Crippen molar-refractivity contribution in [3.8, 4) is 0 Å². The van der Waals surface area contributed by atoms with Crippen LogP contribution in [0.15, 0.2) is 0 Å². The molecule has 0 aliphatic carbocycles. The fraction of sp³-hybridized carbons (Fsp3) is 0.857. The number of carboxylic acid groups (broad SMARTS) is 2.